The Morgan fingerprint density at radius 3 is 2.81 bits per heavy atom. The zero-order valence-corrected chi connectivity index (χ0v) is 8.57. The maximum absolute atomic E-state index is 13.0. The van der Waals surface area contributed by atoms with Crippen LogP contribution in [0.3, 0.4) is 0 Å². The van der Waals surface area contributed by atoms with E-state index in [1.807, 2.05) is 6.07 Å². The van der Waals surface area contributed by atoms with E-state index in [9.17, 15) is 4.39 Å². The third-order valence-corrected chi connectivity index (χ3v) is 2.04. The van der Waals surface area contributed by atoms with Crippen molar-refractivity contribution in [2.24, 2.45) is 0 Å². The smallest absolute Gasteiger partial charge is 0.140 e. The zero-order valence-electron chi connectivity index (χ0n) is 8.57. The van der Waals surface area contributed by atoms with Crippen molar-refractivity contribution in [3.05, 3.63) is 47.8 Å². The van der Waals surface area contributed by atoms with Crippen LogP contribution < -0.4 is 5.32 Å². The van der Waals surface area contributed by atoms with Gasteiger partial charge in [0.05, 0.1) is 11.6 Å². The molecule has 1 rings (SSSR count). The van der Waals surface area contributed by atoms with Gasteiger partial charge in [0.1, 0.15) is 17.9 Å². The molecule has 0 aliphatic rings. The van der Waals surface area contributed by atoms with Gasteiger partial charge in [-0.15, -0.1) is 6.58 Å². The molecule has 80 valence electrons. The van der Waals surface area contributed by atoms with E-state index in [0.717, 1.165) is 0 Å². The van der Waals surface area contributed by atoms with Crippen LogP contribution in [-0.2, 0) is 0 Å². The van der Waals surface area contributed by atoms with Crippen molar-refractivity contribution >= 4 is 0 Å². The fraction of sp³-hybridized carbons (Fsp3) is 0.167. The molecule has 0 heterocycles. The van der Waals surface area contributed by atoms with Gasteiger partial charge in [-0.1, -0.05) is 12.1 Å². The zero-order chi connectivity index (χ0) is 12.0. The van der Waals surface area contributed by atoms with Gasteiger partial charge in [0.25, 0.3) is 0 Å². The molecule has 0 bridgehead atoms. The quantitative estimate of drug-likeness (QED) is 0.782. The van der Waals surface area contributed by atoms with E-state index in [0.29, 0.717) is 12.1 Å². The fourth-order valence-electron chi connectivity index (χ4n) is 1.25. The van der Waals surface area contributed by atoms with Gasteiger partial charge < -0.3 is 0 Å². The Balaban J connectivity index is 2.99. The average Bonchev–Trinajstić information content (AvgIpc) is 2.32. The van der Waals surface area contributed by atoms with Crippen LogP contribution in [0.1, 0.15) is 17.2 Å². The Morgan fingerprint density at radius 1 is 1.50 bits per heavy atom. The third kappa shape index (κ3) is 2.66. The summed E-state index contributed by atoms with van der Waals surface area (Å²) in [5, 5.41) is 20.5. The monoisotopic (exact) mass is 215 g/mol. The minimum Gasteiger partial charge on any atom is -0.295 e. The van der Waals surface area contributed by atoms with Gasteiger partial charge in [-0.25, -0.2) is 4.39 Å². The van der Waals surface area contributed by atoms with Crippen LogP contribution >= 0.6 is 0 Å². The molecule has 0 amide bonds. The van der Waals surface area contributed by atoms with E-state index in [2.05, 4.69) is 11.9 Å². The average molecular weight is 215 g/mol. The number of nitrogens with one attached hydrogen (secondary N) is 1. The third-order valence-electron chi connectivity index (χ3n) is 2.04. The predicted octanol–water partition coefficient (Wildman–Crippen LogP) is 2.04. The summed E-state index contributed by atoms with van der Waals surface area (Å²) in [7, 11) is 0. The first-order valence-electron chi connectivity index (χ1n) is 4.66. The molecule has 0 aliphatic heterocycles. The SMILES string of the molecule is C=CCNC(C#N)c1ccc(F)c(C#N)c1. The first-order valence-corrected chi connectivity index (χ1v) is 4.66. The molecule has 0 aromatic heterocycles. The summed E-state index contributed by atoms with van der Waals surface area (Å²) < 4.78 is 13.0. The lowest BCUT2D eigenvalue weighted by atomic mass is 10.0. The summed E-state index contributed by atoms with van der Waals surface area (Å²) in [5.41, 5.74) is 0.514. The molecule has 0 radical (unpaired) electrons. The van der Waals surface area contributed by atoms with Gasteiger partial charge in [0, 0.05) is 6.54 Å². The minimum atomic E-state index is -0.577. The highest BCUT2D eigenvalue weighted by atomic mass is 19.1. The second-order valence-corrected chi connectivity index (χ2v) is 3.11. The number of hydrogen-bond acceptors (Lipinski definition) is 3. The van der Waals surface area contributed by atoms with Crippen molar-refractivity contribution < 1.29 is 4.39 Å². The first-order chi connectivity index (χ1) is 7.72. The molecular weight excluding hydrogens is 205 g/mol. The lowest BCUT2D eigenvalue weighted by molar-refractivity contribution is 0.619. The molecule has 4 heteroatoms. The number of hydrogen-bond donors (Lipinski definition) is 1. The molecule has 0 aliphatic carbocycles. The highest BCUT2D eigenvalue weighted by molar-refractivity contribution is 5.37. The molecule has 16 heavy (non-hydrogen) atoms. The van der Waals surface area contributed by atoms with E-state index in [4.69, 9.17) is 10.5 Å². The number of benzene rings is 1. The summed E-state index contributed by atoms with van der Waals surface area (Å²) in [6, 6.07) is 7.26. The highest BCUT2D eigenvalue weighted by Crippen LogP contribution is 2.16. The molecule has 3 nitrogen and oxygen atoms in total. The Bertz CT molecular complexity index is 468. The predicted molar refractivity (Wildman–Crippen MR) is 57.7 cm³/mol. The molecular formula is C12H10FN3. The highest BCUT2D eigenvalue weighted by Gasteiger charge is 2.11. The van der Waals surface area contributed by atoms with E-state index < -0.39 is 11.9 Å². The topological polar surface area (TPSA) is 59.6 Å². The van der Waals surface area contributed by atoms with E-state index in [1.54, 1.807) is 12.1 Å². The van der Waals surface area contributed by atoms with Crippen LogP contribution in [0.5, 0.6) is 0 Å². The molecule has 1 N–H and O–H groups in total. The summed E-state index contributed by atoms with van der Waals surface area (Å²) >= 11 is 0. The minimum absolute atomic E-state index is 0.0573. The molecule has 0 spiro atoms. The van der Waals surface area contributed by atoms with Crippen LogP contribution in [0.15, 0.2) is 30.9 Å². The van der Waals surface area contributed by atoms with Crippen molar-refractivity contribution in [1.29, 1.82) is 10.5 Å². The van der Waals surface area contributed by atoms with Crippen molar-refractivity contribution in [3.8, 4) is 12.1 Å². The van der Waals surface area contributed by atoms with E-state index >= 15 is 0 Å². The van der Waals surface area contributed by atoms with Crippen LogP contribution in [0.25, 0.3) is 0 Å². The van der Waals surface area contributed by atoms with Crippen molar-refractivity contribution in [2.75, 3.05) is 6.54 Å². The summed E-state index contributed by atoms with van der Waals surface area (Å²) in [6.07, 6.45) is 1.62. The largest absolute Gasteiger partial charge is 0.295 e. The van der Waals surface area contributed by atoms with Gasteiger partial charge in [-0.05, 0) is 17.7 Å². The van der Waals surface area contributed by atoms with Crippen LogP contribution in [0.4, 0.5) is 4.39 Å². The maximum Gasteiger partial charge on any atom is 0.140 e. The molecule has 0 fully saturated rings. The van der Waals surface area contributed by atoms with Gasteiger partial charge in [0.15, 0.2) is 0 Å². The molecule has 1 aromatic carbocycles. The van der Waals surface area contributed by atoms with Crippen molar-refractivity contribution in [2.45, 2.75) is 6.04 Å². The Morgan fingerprint density at radius 2 is 2.25 bits per heavy atom. The second-order valence-electron chi connectivity index (χ2n) is 3.11. The molecule has 1 unspecified atom stereocenters. The van der Waals surface area contributed by atoms with Crippen molar-refractivity contribution in [3.63, 3.8) is 0 Å². The first kappa shape index (κ1) is 11.9. The van der Waals surface area contributed by atoms with Gasteiger partial charge >= 0.3 is 0 Å². The van der Waals surface area contributed by atoms with E-state index in [-0.39, 0.29) is 5.56 Å². The van der Waals surface area contributed by atoms with E-state index in [1.165, 1.54) is 18.2 Å². The molecule has 0 saturated heterocycles. The van der Waals surface area contributed by atoms with Gasteiger partial charge in [0.2, 0.25) is 0 Å². The van der Waals surface area contributed by atoms with Gasteiger partial charge in [-0.3, -0.25) is 5.32 Å². The Labute approximate surface area is 93.4 Å². The molecule has 1 aromatic rings. The van der Waals surface area contributed by atoms with Crippen LogP contribution in [-0.4, -0.2) is 6.54 Å². The fourth-order valence-corrected chi connectivity index (χ4v) is 1.25. The van der Waals surface area contributed by atoms with Crippen LogP contribution in [0.2, 0.25) is 0 Å². The summed E-state index contributed by atoms with van der Waals surface area (Å²) in [6.45, 7) is 3.99. The number of halogens is 1. The summed E-state index contributed by atoms with van der Waals surface area (Å²) in [4.78, 5) is 0. The maximum atomic E-state index is 13.0. The second kappa shape index (κ2) is 5.65. The van der Waals surface area contributed by atoms with Gasteiger partial charge in [-0.2, -0.15) is 10.5 Å². The van der Waals surface area contributed by atoms with Crippen molar-refractivity contribution in [1.82, 2.24) is 5.32 Å². The normalized spacial score (nSPS) is 11.2. The number of rotatable bonds is 4. The summed E-state index contributed by atoms with van der Waals surface area (Å²) in [5.74, 6) is -0.577. The number of nitrogens with zero attached hydrogens (tertiary/aromatic N) is 2. The lowest BCUT2D eigenvalue weighted by Gasteiger charge is -2.10. The Hall–Kier alpha value is -2.17. The Kier molecular flexibility index (Phi) is 4.20. The van der Waals surface area contributed by atoms with Crippen LogP contribution in [0, 0.1) is 28.5 Å². The lowest BCUT2D eigenvalue weighted by Crippen LogP contribution is -2.19. The molecule has 1 atom stereocenters. The number of nitriles is 2. The standard InChI is InChI=1S/C12H10FN3/c1-2-5-16-12(8-15)9-3-4-11(13)10(6-9)7-14/h2-4,6,12,16H,1,5H2. The molecule has 0 saturated carbocycles.